The third-order valence-electron chi connectivity index (χ3n) is 1.82. The molecule has 0 heterocycles. The predicted molar refractivity (Wildman–Crippen MR) is 47.9 cm³/mol. The van der Waals surface area contributed by atoms with E-state index in [9.17, 15) is 18.0 Å². The van der Waals surface area contributed by atoms with E-state index in [0.717, 1.165) is 12.1 Å². The van der Waals surface area contributed by atoms with Crippen molar-refractivity contribution in [1.29, 1.82) is 0 Å². The number of halogens is 3. The van der Waals surface area contributed by atoms with Crippen molar-refractivity contribution in [1.82, 2.24) is 0 Å². The fourth-order valence-corrected chi connectivity index (χ4v) is 1.04. The van der Waals surface area contributed by atoms with Gasteiger partial charge in [0.25, 0.3) is 0 Å². The van der Waals surface area contributed by atoms with Crippen molar-refractivity contribution in [2.75, 3.05) is 7.11 Å². The van der Waals surface area contributed by atoms with E-state index in [2.05, 4.69) is 0 Å². The van der Waals surface area contributed by atoms with E-state index < -0.39 is 23.1 Å². The molecule has 2 nitrogen and oxygen atoms in total. The number of ketones is 1. The first-order valence-corrected chi connectivity index (χ1v) is 4.12. The number of carbonyl (C=O) groups is 1. The average molecular weight is 218 g/mol. The van der Waals surface area contributed by atoms with Crippen LogP contribution in [0.4, 0.5) is 13.2 Å². The molecule has 0 atom stereocenters. The molecule has 0 spiro atoms. The molecule has 0 bridgehead atoms. The third-order valence-corrected chi connectivity index (χ3v) is 1.82. The van der Waals surface area contributed by atoms with E-state index in [4.69, 9.17) is 4.74 Å². The van der Waals surface area contributed by atoms with Crippen molar-refractivity contribution in [2.45, 2.75) is 12.8 Å². The zero-order valence-corrected chi connectivity index (χ0v) is 8.18. The highest BCUT2D eigenvalue weighted by Gasteiger charge is 2.35. The van der Waals surface area contributed by atoms with E-state index in [0.29, 0.717) is 6.92 Å². The number of benzene rings is 1. The fraction of sp³-hybridized carbons (Fsp3) is 0.300. The highest BCUT2D eigenvalue weighted by atomic mass is 19.3. The Morgan fingerprint density at radius 2 is 2.00 bits per heavy atom. The van der Waals surface area contributed by atoms with Crippen LogP contribution in [-0.4, -0.2) is 18.8 Å². The van der Waals surface area contributed by atoms with Gasteiger partial charge in [0.05, 0.1) is 12.7 Å². The highest BCUT2D eigenvalue weighted by molar-refractivity contribution is 6.01. The molecule has 0 N–H and O–H groups in total. The summed E-state index contributed by atoms with van der Waals surface area (Å²) in [5.74, 6) is -5.97. The van der Waals surface area contributed by atoms with Gasteiger partial charge in [-0.3, -0.25) is 4.79 Å². The highest BCUT2D eigenvalue weighted by Crippen LogP contribution is 2.24. The smallest absolute Gasteiger partial charge is 0.307 e. The SMILES string of the molecule is COc1ccc(F)c(C(=O)C(C)(F)F)c1. The van der Waals surface area contributed by atoms with Crippen molar-refractivity contribution in [3.63, 3.8) is 0 Å². The number of alkyl halides is 2. The molecule has 0 radical (unpaired) electrons. The number of hydrogen-bond acceptors (Lipinski definition) is 2. The van der Waals surface area contributed by atoms with E-state index in [1.807, 2.05) is 0 Å². The summed E-state index contributed by atoms with van der Waals surface area (Å²) in [6, 6.07) is 3.12. The zero-order chi connectivity index (χ0) is 11.6. The number of Topliss-reactive ketones (excluding diaryl/α,β-unsaturated/α-hetero) is 1. The van der Waals surface area contributed by atoms with Gasteiger partial charge in [-0.2, -0.15) is 8.78 Å². The van der Waals surface area contributed by atoms with E-state index in [-0.39, 0.29) is 5.75 Å². The van der Waals surface area contributed by atoms with Crippen LogP contribution in [0.3, 0.4) is 0 Å². The summed E-state index contributed by atoms with van der Waals surface area (Å²) in [6.07, 6.45) is 0. The van der Waals surface area contributed by atoms with Crippen LogP contribution in [0.25, 0.3) is 0 Å². The molecule has 0 unspecified atom stereocenters. The van der Waals surface area contributed by atoms with Crippen molar-refractivity contribution >= 4 is 5.78 Å². The standard InChI is InChI=1S/C10H9F3O2/c1-10(12,13)9(14)7-5-6(15-2)3-4-8(7)11/h3-5H,1-2H3. The Morgan fingerprint density at radius 3 is 2.47 bits per heavy atom. The Kier molecular flexibility index (Phi) is 3.02. The summed E-state index contributed by atoms with van der Waals surface area (Å²) >= 11 is 0. The molecule has 82 valence electrons. The Hall–Kier alpha value is -1.52. The maximum Gasteiger partial charge on any atom is 0.307 e. The van der Waals surface area contributed by atoms with Crippen LogP contribution in [0.1, 0.15) is 17.3 Å². The van der Waals surface area contributed by atoms with Crippen LogP contribution < -0.4 is 4.74 Å². The molecule has 1 rings (SSSR count). The van der Waals surface area contributed by atoms with Crippen molar-refractivity contribution in [2.24, 2.45) is 0 Å². The molecule has 0 fully saturated rings. The maximum absolute atomic E-state index is 13.1. The summed E-state index contributed by atoms with van der Waals surface area (Å²) in [5, 5.41) is 0. The summed E-state index contributed by atoms with van der Waals surface area (Å²) < 4.78 is 43.1. The molecule has 0 saturated carbocycles. The van der Waals surface area contributed by atoms with Gasteiger partial charge in [-0.25, -0.2) is 4.39 Å². The predicted octanol–water partition coefficient (Wildman–Crippen LogP) is 2.67. The van der Waals surface area contributed by atoms with Crippen LogP contribution in [0.5, 0.6) is 5.75 Å². The molecule has 0 aliphatic rings. The zero-order valence-electron chi connectivity index (χ0n) is 8.18. The second-order valence-electron chi connectivity index (χ2n) is 3.06. The Balaban J connectivity index is 3.19. The molecule has 0 aromatic heterocycles. The molecule has 1 aromatic rings. The van der Waals surface area contributed by atoms with E-state index in [1.165, 1.54) is 13.2 Å². The van der Waals surface area contributed by atoms with Gasteiger partial charge in [-0.05, 0) is 18.2 Å². The maximum atomic E-state index is 13.1. The summed E-state index contributed by atoms with van der Waals surface area (Å²) in [4.78, 5) is 11.1. The molecule has 0 aliphatic carbocycles. The first-order chi connectivity index (χ1) is 6.86. The normalized spacial score (nSPS) is 11.3. The van der Waals surface area contributed by atoms with Gasteiger partial charge in [-0.15, -0.1) is 0 Å². The lowest BCUT2D eigenvalue weighted by Crippen LogP contribution is -2.25. The topological polar surface area (TPSA) is 26.3 Å². The van der Waals surface area contributed by atoms with Gasteiger partial charge in [0.1, 0.15) is 11.6 Å². The third kappa shape index (κ3) is 2.49. The number of rotatable bonds is 3. The summed E-state index contributed by atoms with van der Waals surface area (Å²) in [6.45, 7) is 0.425. The fourth-order valence-electron chi connectivity index (χ4n) is 1.04. The molecule has 15 heavy (non-hydrogen) atoms. The lowest BCUT2D eigenvalue weighted by Gasteiger charge is -2.10. The summed E-state index contributed by atoms with van der Waals surface area (Å²) in [7, 11) is 1.30. The Labute approximate surface area is 84.7 Å². The number of carbonyl (C=O) groups excluding carboxylic acids is 1. The molecule has 0 amide bonds. The van der Waals surface area contributed by atoms with Gasteiger partial charge in [0.15, 0.2) is 0 Å². The van der Waals surface area contributed by atoms with Crippen LogP contribution in [0.15, 0.2) is 18.2 Å². The molecule has 5 heteroatoms. The second-order valence-corrected chi connectivity index (χ2v) is 3.06. The van der Waals surface area contributed by atoms with Crippen LogP contribution in [-0.2, 0) is 0 Å². The molecule has 0 saturated heterocycles. The van der Waals surface area contributed by atoms with Gasteiger partial charge < -0.3 is 4.74 Å². The average Bonchev–Trinajstić information content (AvgIpc) is 2.16. The first-order valence-electron chi connectivity index (χ1n) is 4.12. The number of methoxy groups -OCH3 is 1. The van der Waals surface area contributed by atoms with Crippen molar-refractivity contribution < 1.29 is 22.7 Å². The molecular weight excluding hydrogens is 209 g/mol. The van der Waals surface area contributed by atoms with Crippen LogP contribution in [0.2, 0.25) is 0 Å². The van der Waals surface area contributed by atoms with Gasteiger partial charge in [0.2, 0.25) is 5.78 Å². The minimum absolute atomic E-state index is 0.156. The minimum Gasteiger partial charge on any atom is -0.497 e. The van der Waals surface area contributed by atoms with Crippen molar-refractivity contribution in [3.8, 4) is 5.75 Å². The molecular formula is C10H9F3O2. The number of ether oxygens (including phenoxy) is 1. The number of hydrogen-bond donors (Lipinski definition) is 0. The van der Waals surface area contributed by atoms with E-state index >= 15 is 0 Å². The van der Waals surface area contributed by atoms with Crippen molar-refractivity contribution in [3.05, 3.63) is 29.6 Å². The van der Waals surface area contributed by atoms with Crippen LogP contribution in [0, 0.1) is 5.82 Å². The van der Waals surface area contributed by atoms with E-state index in [1.54, 1.807) is 0 Å². The quantitative estimate of drug-likeness (QED) is 0.729. The van der Waals surface area contributed by atoms with Crippen LogP contribution >= 0.6 is 0 Å². The van der Waals surface area contributed by atoms with Gasteiger partial charge in [0, 0.05) is 6.92 Å². The minimum atomic E-state index is -3.59. The lowest BCUT2D eigenvalue weighted by atomic mass is 10.1. The monoisotopic (exact) mass is 218 g/mol. The molecule has 1 aromatic carbocycles. The van der Waals surface area contributed by atoms with Gasteiger partial charge >= 0.3 is 5.92 Å². The Bertz CT molecular complexity index is 383. The lowest BCUT2D eigenvalue weighted by molar-refractivity contribution is 0.0217. The van der Waals surface area contributed by atoms with Gasteiger partial charge in [-0.1, -0.05) is 0 Å². The first kappa shape index (κ1) is 11.6. The molecule has 0 aliphatic heterocycles. The summed E-state index contributed by atoms with van der Waals surface area (Å²) in [5.41, 5.74) is -0.665. The second kappa shape index (κ2) is 3.92. The Morgan fingerprint density at radius 1 is 1.40 bits per heavy atom. The largest absolute Gasteiger partial charge is 0.497 e.